The van der Waals surface area contributed by atoms with Crippen LogP contribution in [0.2, 0.25) is 0 Å². The molecule has 0 atom stereocenters. The van der Waals surface area contributed by atoms with Gasteiger partial charge >= 0.3 is 0 Å². The Labute approximate surface area is 192 Å². The zero-order chi connectivity index (χ0) is 22.7. The number of aromatic nitrogens is 2. The topological polar surface area (TPSA) is 73.2 Å². The van der Waals surface area contributed by atoms with Crippen molar-refractivity contribution in [3.63, 3.8) is 0 Å². The Morgan fingerprint density at radius 2 is 2.09 bits per heavy atom. The van der Waals surface area contributed by atoms with Crippen LogP contribution in [0.5, 0.6) is 5.75 Å². The molecule has 2 aromatic carbocycles. The van der Waals surface area contributed by atoms with Gasteiger partial charge in [-0.15, -0.1) is 11.3 Å². The number of benzene rings is 2. The fraction of sp³-hybridized carbons (Fsp3) is 0.174. The Bertz CT molecular complexity index is 1350. The lowest BCUT2D eigenvalue weighted by atomic mass is 10.2. The number of carbonyl (C=O) groups is 1. The Kier molecular flexibility index (Phi) is 6.57. The second-order valence-corrected chi connectivity index (χ2v) is 8.93. The van der Waals surface area contributed by atoms with Crippen LogP contribution in [0.4, 0.5) is 10.1 Å². The molecule has 32 heavy (non-hydrogen) atoms. The minimum absolute atomic E-state index is 0.0235. The Morgan fingerprint density at radius 1 is 1.25 bits per heavy atom. The number of nitrogens with zero attached hydrogens (tertiary/aromatic N) is 2. The Morgan fingerprint density at radius 3 is 2.88 bits per heavy atom. The van der Waals surface area contributed by atoms with E-state index >= 15 is 0 Å². The van der Waals surface area contributed by atoms with Gasteiger partial charge in [0.1, 0.15) is 16.3 Å². The van der Waals surface area contributed by atoms with Gasteiger partial charge in [-0.1, -0.05) is 30.0 Å². The molecule has 0 unspecified atom stereocenters. The molecule has 0 saturated heterocycles. The second-order valence-electron chi connectivity index (χ2n) is 7.07. The molecule has 0 fully saturated rings. The van der Waals surface area contributed by atoms with Gasteiger partial charge in [0.2, 0.25) is 5.91 Å². The zero-order valence-electron chi connectivity index (χ0n) is 17.4. The molecular weight excluding hydrogens is 449 g/mol. The first-order valence-corrected chi connectivity index (χ1v) is 11.6. The van der Waals surface area contributed by atoms with Crippen molar-refractivity contribution in [2.45, 2.75) is 18.6 Å². The molecular formula is C23H20FN3O3S2. The molecule has 6 nitrogen and oxygen atoms in total. The van der Waals surface area contributed by atoms with E-state index in [-0.39, 0.29) is 23.0 Å². The smallest absolute Gasteiger partial charge is 0.272 e. The molecule has 2 aromatic heterocycles. The van der Waals surface area contributed by atoms with Crippen molar-refractivity contribution in [2.24, 2.45) is 0 Å². The van der Waals surface area contributed by atoms with Crippen molar-refractivity contribution in [3.8, 4) is 5.75 Å². The van der Waals surface area contributed by atoms with Crippen molar-refractivity contribution in [1.29, 1.82) is 0 Å². The van der Waals surface area contributed by atoms with E-state index in [1.54, 1.807) is 36.8 Å². The van der Waals surface area contributed by atoms with Crippen molar-refractivity contribution < 1.29 is 13.9 Å². The van der Waals surface area contributed by atoms with Gasteiger partial charge in [0, 0.05) is 5.69 Å². The minimum Gasteiger partial charge on any atom is -0.497 e. The Balaban J connectivity index is 1.58. The number of aryl methyl sites for hydroxylation is 1. The van der Waals surface area contributed by atoms with Gasteiger partial charge in [-0.25, -0.2) is 9.37 Å². The van der Waals surface area contributed by atoms with E-state index in [4.69, 9.17) is 4.74 Å². The SMILES string of the molecule is COc1cccc(Cn2c(SCC(=O)Nc3ccc(C)c(F)c3)nc3ccsc3c2=O)c1. The lowest BCUT2D eigenvalue weighted by Crippen LogP contribution is -2.24. The maximum atomic E-state index is 13.7. The number of anilines is 1. The third-order valence-electron chi connectivity index (χ3n) is 4.79. The van der Waals surface area contributed by atoms with Crippen molar-refractivity contribution in [3.05, 3.63) is 81.2 Å². The molecule has 2 heterocycles. The van der Waals surface area contributed by atoms with Crippen LogP contribution in [0.3, 0.4) is 0 Å². The summed E-state index contributed by atoms with van der Waals surface area (Å²) in [6.45, 7) is 1.95. The van der Waals surface area contributed by atoms with E-state index in [9.17, 15) is 14.0 Å². The molecule has 0 radical (unpaired) electrons. The molecule has 4 rings (SSSR count). The summed E-state index contributed by atoms with van der Waals surface area (Å²) in [5.74, 6) is 0.0213. The number of ether oxygens (including phenoxy) is 1. The first-order chi connectivity index (χ1) is 15.4. The molecule has 0 spiro atoms. The summed E-state index contributed by atoms with van der Waals surface area (Å²) < 4.78 is 21.2. The van der Waals surface area contributed by atoms with Crippen LogP contribution in [-0.2, 0) is 11.3 Å². The standard InChI is InChI=1S/C23H20FN3O3S2/c1-14-6-7-16(11-18(14)24)25-20(28)13-32-23-26-19-8-9-31-21(19)22(29)27(23)12-15-4-3-5-17(10-15)30-2/h3-11H,12-13H2,1-2H3,(H,25,28). The van der Waals surface area contributed by atoms with E-state index in [1.165, 1.54) is 17.4 Å². The van der Waals surface area contributed by atoms with Crippen LogP contribution < -0.4 is 15.6 Å². The molecule has 0 aliphatic rings. The van der Waals surface area contributed by atoms with E-state index in [0.29, 0.717) is 38.9 Å². The predicted molar refractivity (Wildman–Crippen MR) is 126 cm³/mol. The monoisotopic (exact) mass is 469 g/mol. The van der Waals surface area contributed by atoms with Gasteiger partial charge in [0.15, 0.2) is 5.16 Å². The third-order valence-corrected chi connectivity index (χ3v) is 6.66. The fourth-order valence-corrected chi connectivity index (χ4v) is 4.70. The quantitative estimate of drug-likeness (QED) is 0.314. The first-order valence-electron chi connectivity index (χ1n) is 9.74. The molecule has 0 bridgehead atoms. The predicted octanol–water partition coefficient (Wildman–Crippen LogP) is 4.69. The van der Waals surface area contributed by atoms with Crippen molar-refractivity contribution in [2.75, 3.05) is 18.2 Å². The maximum absolute atomic E-state index is 13.7. The lowest BCUT2D eigenvalue weighted by molar-refractivity contribution is -0.113. The molecule has 0 aliphatic heterocycles. The highest BCUT2D eigenvalue weighted by Gasteiger charge is 2.15. The summed E-state index contributed by atoms with van der Waals surface area (Å²) in [4.78, 5) is 30.2. The largest absolute Gasteiger partial charge is 0.497 e. The number of thioether (sulfide) groups is 1. The second kappa shape index (κ2) is 9.54. The minimum atomic E-state index is -0.382. The zero-order valence-corrected chi connectivity index (χ0v) is 19.1. The fourth-order valence-electron chi connectivity index (χ4n) is 3.12. The number of rotatable bonds is 7. The first kappa shape index (κ1) is 22.0. The van der Waals surface area contributed by atoms with E-state index < -0.39 is 0 Å². The molecule has 1 amide bonds. The number of fused-ring (bicyclic) bond motifs is 1. The highest BCUT2D eigenvalue weighted by atomic mass is 32.2. The van der Waals surface area contributed by atoms with E-state index in [2.05, 4.69) is 10.3 Å². The molecule has 1 N–H and O–H groups in total. The summed E-state index contributed by atoms with van der Waals surface area (Å²) >= 11 is 2.50. The number of amides is 1. The highest BCUT2D eigenvalue weighted by Crippen LogP contribution is 2.23. The van der Waals surface area contributed by atoms with E-state index in [1.807, 2.05) is 29.6 Å². The van der Waals surface area contributed by atoms with Crippen LogP contribution in [0, 0.1) is 12.7 Å². The molecule has 0 saturated carbocycles. The summed E-state index contributed by atoms with van der Waals surface area (Å²) in [6, 6.07) is 13.8. The van der Waals surface area contributed by atoms with E-state index in [0.717, 1.165) is 17.3 Å². The maximum Gasteiger partial charge on any atom is 0.272 e. The highest BCUT2D eigenvalue weighted by molar-refractivity contribution is 7.99. The van der Waals surface area contributed by atoms with Gasteiger partial charge in [-0.3, -0.25) is 14.2 Å². The number of carbonyl (C=O) groups excluding carboxylic acids is 1. The number of methoxy groups -OCH3 is 1. The van der Waals surface area contributed by atoms with Gasteiger partial charge in [0.05, 0.1) is 24.9 Å². The normalized spacial score (nSPS) is 11.0. The number of hydrogen-bond donors (Lipinski definition) is 1. The van der Waals surface area contributed by atoms with Crippen LogP contribution in [0.25, 0.3) is 10.2 Å². The number of nitrogens with one attached hydrogen (secondary N) is 1. The van der Waals surface area contributed by atoms with Gasteiger partial charge < -0.3 is 10.1 Å². The summed E-state index contributed by atoms with van der Waals surface area (Å²) in [7, 11) is 1.59. The van der Waals surface area contributed by atoms with Crippen LogP contribution in [0.15, 0.2) is 63.9 Å². The van der Waals surface area contributed by atoms with Crippen LogP contribution in [-0.4, -0.2) is 28.3 Å². The average Bonchev–Trinajstić information content (AvgIpc) is 3.26. The molecule has 4 aromatic rings. The summed E-state index contributed by atoms with van der Waals surface area (Å²) in [5, 5.41) is 4.94. The average molecular weight is 470 g/mol. The Hall–Kier alpha value is -3.17. The van der Waals surface area contributed by atoms with Gasteiger partial charge in [-0.05, 0) is 53.8 Å². The summed E-state index contributed by atoms with van der Waals surface area (Å²) in [6.07, 6.45) is 0. The van der Waals surface area contributed by atoms with Gasteiger partial charge in [-0.2, -0.15) is 0 Å². The lowest BCUT2D eigenvalue weighted by Gasteiger charge is -2.13. The van der Waals surface area contributed by atoms with Crippen molar-refractivity contribution in [1.82, 2.24) is 9.55 Å². The number of halogens is 1. The van der Waals surface area contributed by atoms with Crippen LogP contribution >= 0.6 is 23.1 Å². The third kappa shape index (κ3) is 4.84. The molecule has 9 heteroatoms. The summed E-state index contributed by atoms with van der Waals surface area (Å²) in [5.41, 5.74) is 2.22. The number of thiophene rings is 1. The number of hydrogen-bond acceptors (Lipinski definition) is 6. The molecule has 164 valence electrons. The van der Waals surface area contributed by atoms with Gasteiger partial charge in [0.25, 0.3) is 5.56 Å². The van der Waals surface area contributed by atoms with Crippen molar-refractivity contribution >= 4 is 44.9 Å². The van der Waals surface area contributed by atoms with Crippen LogP contribution in [0.1, 0.15) is 11.1 Å². The molecule has 0 aliphatic carbocycles.